The maximum Gasteiger partial charge on any atom is 0.408 e. The van der Waals surface area contributed by atoms with Crippen LogP contribution in [0, 0.1) is 5.92 Å². The van der Waals surface area contributed by atoms with E-state index in [0.717, 1.165) is 5.56 Å². The number of primary amides is 1. The molecule has 1 aliphatic rings. The van der Waals surface area contributed by atoms with Crippen molar-refractivity contribution in [1.29, 1.82) is 0 Å². The second-order valence-electron chi connectivity index (χ2n) is 10.4. The largest absolute Gasteiger partial charge is 0.445 e. The van der Waals surface area contributed by atoms with Crippen LogP contribution in [-0.2, 0) is 25.7 Å². The van der Waals surface area contributed by atoms with Crippen LogP contribution in [0.2, 0.25) is 0 Å². The van der Waals surface area contributed by atoms with Crippen molar-refractivity contribution < 1.29 is 28.7 Å². The molecule has 0 aromatic heterocycles. The van der Waals surface area contributed by atoms with Crippen LogP contribution in [0.3, 0.4) is 0 Å². The van der Waals surface area contributed by atoms with Crippen molar-refractivity contribution in [2.75, 3.05) is 13.1 Å². The fourth-order valence-corrected chi connectivity index (χ4v) is 3.67. The molecule has 11 nitrogen and oxygen atoms in total. The Hall–Kier alpha value is -3.76. The molecule has 1 aromatic rings. The summed E-state index contributed by atoms with van der Waals surface area (Å²) in [5.74, 6) is -1.34. The lowest BCUT2D eigenvalue weighted by atomic mass is 10.0. The average Bonchev–Trinajstić information content (AvgIpc) is 3.22. The molecule has 0 radical (unpaired) electrons. The number of nitrogens with zero attached hydrogens (tertiary/aromatic N) is 1. The van der Waals surface area contributed by atoms with Crippen molar-refractivity contribution in [3.63, 3.8) is 0 Å². The maximum atomic E-state index is 13.0. The second kappa shape index (κ2) is 13.5. The molecule has 0 bridgehead atoms. The van der Waals surface area contributed by atoms with E-state index in [4.69, 9.17) is 15.2 Å². The number of hydrogen-bond donors (Lipinski definition) is 4. The number of carbonyl (C=O) groups excluding carboxylic acids is 4. The third-order valence-electron chi connectivity index (χ3n) is 5.30. The fourth-order valence-electron chi connectivity index (χ4n) is 3.67. The number of ether oxygens (including phenoxy) is 2. The van der Waals surface area contributed by atoms with E-state index in [2.05, 4.69) is 16.0 Å². The molecule has 0 saturated carbocycles. The molecule has 204 valence electrons. The molecule has 1 fully saturated rings. The van der Waals surface area contributed by atoms with E-state index in [1.165, 1.54) is 6.20 Å². The zero-order valence-corrected chi connectivity index (χ0v) is 22.2. The van der Waals surface area contributed by atoms with Crippen molar-refractivity contribution in [1.82, 2.24) is 20.9 Å². The first kappa shape index (κ1) is 29.5. The minimum absolute atomic E-state index is 0.0581. The zero-order valence-electron chi connectivity index (χ0n) is 22.2. The SMILES string of the molecule is CC(C)C[C@H](NC(=O)OCc1ccccc1)C(=O)N/C(=C/N1CCC(NC(=O)OC(C)(C)C)C1)C(N)=O. The highest BCUT2D eigenvalue weighted by atomic mass is 16.6. The van der Waals surface area contributed by atoms with Gasteiger partial charge in [-0.05, 0) is 45.1 Å². The number of nitrogens with one attached hydrogen (secondary N) is 3. The Morgan fingerprint density at radius 1 is 1.14 bits per heavy atom. The average molecular weight is 518 g/mol. The Balaban J connectivity index is 1.98. The summed E-state index contributed by atoms with van der Waals surface area (Å²) in [6.07, 6.45) is 1.14. The van der Waals surface area contributed by atoms with E-state index in [9.17, 15) is 19.2 Å². The highest BCUT2D eigenvalue weighted by molar-refractivity contribution is 5.98. The van der Waals surface area contributed by atoms with Gasteiger partial charge in [0.1, 0.15) is 23.9 Å². The first-order valence-electron chi connectivity index (χ1n) is 12.4. The summed E-state index contributed by atoms with van der Waals surface area (Å²) < 4.78 is 10.5. The summed E-state index contributed by atoms with van der Waals surface area (Å²) >= 11 is 0. The molecule has 0 aliphatic carbocycles. The normalized spacial score (nSPS) is 16.6. The van der Waals surface area contributed by atoms with Gasteiger partial charge in [-0.2, -0.15) is 0 Å². The van der Waals surface area contributed by atoms with Crippen LogP contribution in [-0.4, -0.2) is 59.7 Å². The van der Waals surface area contributed by atoms with Crippen molar-refractivity contribution >= 4 is 24.0 Å². The second-order valence-corrected chi connectivity index (χ2v) is 10.4. The highest BCUT2D eigenvalue weighted by Gasteiger charge is 2.28. The van der Waals surface area contributed by atoms with Crippen molar-refractivity contribution in [3.8, 4) is 0 Å². The summed E-state index contributed by atoms with van der Waals surface area (Å²) in [6.45, 7) is 10.2. The Morgan fingerprint density at radius 2 is 1.81 bits per heavy atom. The third-order valence-corrected chi connectivity index (χ3v) is 5.30. The summed E-state index contributed by atoms with van der Waals surface area (Å²) in [4.78, 5) is 51.2. The summed E-state index contributed by atoms with van der Waals surface area (Å²) in [7, 11) is 0. The summed E-state index contributed by atoms with van der Waals surface area (Å²) in [6, 6.07) is 8.04. The molecular formula is C26H39N5O6. The molecule has 1 aromatic carbocycles. The number of carbonyl (C=O) groups is 4. The monoisotopic (exact) mass is 517 g/mol. The molecule has 1 unspecified atom stereocenters. The molecule has 5 N–H and O–H groups in total. The summed E-state index contributed by atoms with van der Waals surface area (Å²) in [5.41, 5.74) is 5.60. The minimum Gasteiger partial charge on any atom is -0.445 e. The predicted octanol–water partition coefficient (Wildman–Crippen LogP) is 2.37. The van der Waals surface area contributed by atoms with Crippen molar-refractivity contribution in [2.24, 2.45) is 11.7 Å². The molecule has 1 saturated heterocycles. The van der Waals surface area contributed by atoms with Gasteiger partial charge >= 0.3 is 12.2 Å². The molecule has 2 rings (SSSR count). The van der Waals surface area contributed by atoms with Gasteiger partial charge in [0.2, 0.25) is 5.91 Å². The van der Waals surface area contributed by atoms with Gasteiger partial charge in [-0.3, -0.25) is 9.59 Å². The molecule has 37 heavy (non-hydrogen) atoms. The number of benzene rings is 1. The molecule has 4 amide bonds. The van der Waals surface area contributed by atoms with Gasteiger partial charge in [0, 0.05) is 19.3 Å². The molecule has 11 heteroatoms. The van der Waals surface area contributed by atoms with Gasteiger partial charge in [0.05, 0.1) is 6.04 Å². The molecular weight excluding hydrogens is 478 g/mol. The number of likely N-dealkylation sites (tertiary alicyclic amines) is 1. The molecule has 1 heterocycles. The van der Waals surface area contributed by atoms with E-state index < -0.39 is 35.6 Å². The Morgan fingerprint density at radius 3 is 2.41 bits per heavy atom. The number of amides is 4. The lowest BCUT2D eigenvalue weighted by Crippen LogP contribution is -2.48. The van der Waals surface area contributed by atoms with E-state index in [0.29, 0.717) is 25.9 Å². The topological polar surface area (TPSA) is 152 Å². The first-order valence-corrected chi connectivity index (χ1v) is 12.4. The lowest BCUT2D eigenvalue weighted by Gasteiger charge is -2.22. The van der Waals surface area contributed by atoms with Crippen LogP contribution >= 0.6 is 0 Å². The first-order chi connectivity index (χ1) is 17.3. The standard InChI is InChI=1S/C26H39N5O6/c1-17(2)13-20(30-24(34)36-16-18-9-7-6-8-10-18)23(33)29-21(22(27)32)15-31-12-11-19(14-31)28-25(35)37-26(3,4)5/h6-10,15,17,19-20H,11-14,16H2,1-5H3,(H2,27,32)(H,28,35)(H,29,33)(H,30,34)/b21-15+/t19?,20-/m0/s1. The van der Waals surface area contributed by atoms with Crippen molar-refractivity contribution in [3.05, 3.63) is 47.8 Å². The maximum absolute atomic E-state index is 13.0. The van der Waals surface area contributed by atoms with Gasteiger partial charge < -0.3 is 36.1 Å². The quantitative estimate of drug-likeness (QED) is 0.348. The van der Waals surface area contributed by atoms with Gasteiger partial charge in [0.15, 0.2) is 0 Å². The predicted molar refractivity (Wildman–Crippen MR) is 138 cm³/mol. The van der Waals surface area contributed by atoms with Gasteiger partial charge in [-0.1, -0.05) is 44.2 Å². The van der Waals surface area contributed by atoms with Crippen LogP contribution in [0.25, 0.3) is 0 Å². The summed E-state index contributed by atoms with van der Waals surface area (Å²) in [5, 5.41) is 7.91. The van der Waals surface area contributed by atoms with E-state index in [-0.39, 0.29) is 24.3 Å². The van der Waals surface area contributed by atoms with E-state index in [1.807, 2.05) is 44.2 Å². The number of hydrogen-bond acceptors (Lipinski definition) is 7. The zero-order chi connectivity index (χ0) is 27.6. The van der Waals surface area contributed by atoms with Crippen LogP contribution < -0.4 is 21.7 Å². The Kier molecular flexibility index (Phi) is 10.8. The van der Waals surface area contributed by atoms with E-state index in [1.54, 1.807) is 25.7 Å². The Bertz CT molecular complexity index is 973. The smallest absolute Gasteiger partial charge is 0.408 e. The van der Waals surface area contributed by atoms with Crippen LogP contribution in [0.15, 0.2) is 42.2 Å². The number of alkyl carbamates (subject to hydrolysis) is 2. The van der Waals surface area contributed by atoms with Gasteiger partial charge in [0.25, 0.3) is 5.91 Å². The molecule has 1 aliphatic heterocycles. The van der Waals surface area contributed by atoms with Gasteiger partial charge in [-0.25, -0.2) is 9.59 Å². The van der Waals surface area contributed by atoms with Crippen molar-refractivity contribution in [2.45, 2.75) is 71.8 Å². The molecule has 2 atom stereocenters. The fraction of sp³-hybridized carbons (Fsp3) is 0.538. The minimum atomic E-state index is -0.939. The Labute approximate surface area is 218 Å². The molecule has 0 spiro atoms. The van der Waals surface area contributed by atoms with Crippen LogP contribution in [0.1, 0.15) is 53.0 Å². The lowest BCUT2D eigenvalue weighted by molar-refractivity contribution is -0.124. The van der Waals surface area contributed by atoms with E-state index >= 15 is 0 Å². The number of rotatable bonds is 10. The number of nitrogens with two attached hydrogens (primary N) is 1. The van der Waals surface area contributed by atoms with Crippen LogP contribution in [0.4, 0.5) is 9.59 Å². The van der Waals surface area contributed by atoms with Gasteiger partial charge in [-0.15, -0.1) is 0 Å². The van der Waals surface area contributed by atoms with Crippen LogP contribution in [0.5, 0.6) is 0 Å². The highest BCUT2D eigenvalue weighted by Crippen LogP contribution is 2.13. The third kappa shape index (κ3) is 11.2.